The fourth-order valence-corrected chi connectivity index (χ4v) is 1.97. The Labute approximate surface area is 89.1 Å². The molecule has 0 aromatic carbocycles. The highest BCUT2D eigenvalue weighted by atomic mass is 15.2. The van der Waals surface area contributed by atoms with Crippen molar-refractivity contribution in [2.75, 3.05) is 32.7 Å². The third-order valence-electron chi connectivity index (χ3n) is 3.33. The van der Waals surface area contributed by atoms with Crippen molar-refractivity contribution in [1.29, 1.82) is 0 Å². The predicted octanol–water partition coefficient (Wildman–Crippen LogP) is 2.11. The normalized spacial score (nSPS) is 21.0. The van der Waals surface area contributed by atoms with Crippen LogP contribution in [0.2, 0.25) is 0 Å². The average Bonchev–Trinajstić information content (AvgIpc) is 2.25. The Morgan fingerprint density at radius 2 is 1.93 bits per heavy atom. The van der Waals surface area contributed by atoms with Gasteiger partial charge in [0.15, 0.2) is 0 Å². The van der Waals surface area contributed by atoms with E-state index in [-0.39, 0.29) is 0 Å². The van der Waals surface area contributed by atoms with Crippen LogP contribution < -0.4 is 5.32 Å². The lowest BCUT2D eigenvalue weighted by molar-refractivity contribution is 0.234. The van der Waals surface area contributed by atoms with Crippen molar-refractivity contribution in [3.63, 3.8) is 0 Å². The molecule has 2 heteroatoms. The molecule has 1 saturated heterocycles. The fourth-order valence-electron chi connectivity index (χ4n) is 1.97. The van der Waals surface area contributed by atoms with E-state index in [1.807, 2.05) is 0 Å². The molecule has 0 spiro atoms. The zero-order valence-corrected chi connectivity index (χ0v) is 9.89. The third-order valence-corrected chi connectivity index (χ3v) is 3.33. The summed E-state index contributed by atoms with van der Waals surface area (Å²) < 4.78 is 0. The molecule has 0 aromatic rings. The molecule has 0 radical (unpaired) electrons. The van der Waals surface area contributed by atoms with Gasteiger partial charge >= 0.3 is 0 Å². The second kappa shape index (κ2) is 7.24. The standard InChI is InChI=1S/C12H26N2/c1-3-12(2)6-4-5-9-14-10-7-13-8-11-14/h12-13H,3-11H2,1-2H3. The topological polar surface area (TPSA) is 15.3 Å². The van der Waals surface area contributed by atoms with E-state index in [1.54, 1.807) is 0 Å². The van der Waals surface area contributed by atoms with Crippen molar-refractivity contribution in [3.8, 4) is 0 Å². The minimum absolute atomic E-state index is 0.929. The van der Waals surface area contributed by atoms with Crippen LogP contribution in [0.3, 0.4) is 0 Å². The molecular weight excluding hydrogens is 172 g/mol. The van der Waals surface area contributed by atoms with Crippen LogP contribution in [0.1, 0.15) is 39.5 Å². The summed E-state index contributed by atoms with van der Waals surface area (Å²) in [6, 6.07) is 0. The van der Waals surface area contributed by atoms with Crippen molar-refractivity contribution in [2.45, 2.75) is 39.5 Å². The Bertz CT molecular complexity index is 130. The van der Waals surface area contributed by atoms with E-state index in [9.17, 15) is 0 Å². The highest BCUT2D eigenvalue weighted by Crippen LogP contribution is 2.11. The van der Waals surface area contributed by atoms with Crippen molar-refractivity contribution in [3.05, 3.63) is 0 Å². The lowest BCUT2D eigenvalue weighted by atomic mass is 10.0. The van der Waals surface area contributed by atoms with E-state index >= 15 is 0 Å². The zero-order chi connectivity index (χ0) is 10.2. The van der Waals surface area contributed by atoms with Crippen LogP contribution in [-0.4, -0.2) is 37.6 Å². The lowest BCUT2D eigenvalue weighted by Gasteiger charge is -2.27. The highest BCUT2D eigenvalue weighted by molar-refractivity contribution is 4.67. The van der Waals surface area contributed by atoms with Crippen LogP contribution in [-0.2, 0) is 0 Å². The van der Waals surface area contributed by atoms with Crippen LogP contribution in [0.15, 0.2) is 0 Å². The molecule has 84 valence electrons. The van der Waals surface area contributed by atoms with Gasteiger partial charge in [0.2, 0.25) is 0 Å². The van der Waals surface area contributed by atoms with Crippen molar-refractivity contribution < 1.29 is 0 Å². The molecule has 1 atom stereocenters. The predicted molar refractivity (Wildman–Crippen MR) is 62.6 cm³/mol. The first-order chi connectivity index (χ1) is 6.83. The van der Waals surface area contributed by atoms with Gasteiger partial charge in [-0.05, 0) is 18.9 Å². The number of nitrogens with zero attached hydrogens (tertiary/aromatic N) is 1. The van der Waals surface area contributed by atoms with Gasteiger partial charge in [0.05, 0.1) is 0 Å². The van der Waals surface area contributed by atoms with Gasteiger partial charge in [-0.2, -0.15) is 0 Å². The summed E-state index contributed by atoms with van der Waals surface area (Å²) in [4.78, 5) is 2.59. The summed E-state index contributed by atoms with van der Waals surface area (Å²) in [7, 11) is 0. The van der Waals surface area contributed by atoms with E-state index in [1.165, 1.54) is 58.4 Å². The second-order valence-corrected chi connectivity index (χ2v) is 4.60. The molecule has 1 rings (SSSR count). The Morgan fingerprint density at radius 3 is 2.57 bits per heavy atom. The van der Waals surface area contributed by atoms with Crippen LogP contribution in [0.4, 0.5) is 0 Å². The smallest absolute Gasteiger partial charge is 0.0107 e. The minimum Gasteiger partial charge on any atom is -0.314 e. The number of hydrogen-bond acceptors (Lipinski definition) is 2. The Balaban J connectivity index is 1.92. The average molecular weight is 198 g/mol. The molecule has 1 aliphatic rings. The highest BCUT2D eigenvalue weighted by Gasteiger charge is 2.08. The molecule has 1 aliphatic heterocycles. The maximum Gasteiger partial charge on any atom is 0.0107 e. The van der Waals surface area contributed by atoms with Crippen LogP contribution in [0.25, 0.3) is 0 Å². The molecule has 0 saturated carbocycles. The second-order valence-electron chi connectivity index (χ2n) is 4.60. The third kappa shape index (κ3) is 4.97. The molecule has 0 bridgehead atoms. The van der Waals surface area contributed by atoms with Gasteiger partial charge in [-0.15, -0.1) is 0 Å². The maximum atomic E-state index is 3.39. The summed E-state index contributed by atoms with van der Waals surface area (Å²) in [6.07, 6.45) is 5.57. The fraction of sp³-hybridized carbons (Fsp3) is 1.00. The van der Waals surface area contributed by atoms with Crippen LogP contribution >= 0.6 is 0 Å². The Hall–Kier alpha value is -0.0800. The molecule has 0 amide bonds. The molecule has 1 N–H and O–H groups in total. The van der Waals surface area contributed by atoms with Crippen molar-refractivity contribution in [1.82, 2.24) is 10.2 Å². The number of hydrogen-bond donors (Lipinski definition) is 1. The molecule has 1 heterocycles. The van der Waals surface area contributed by atoms with Gasteiger partial charge in [-0.25, -0.2) is 0 Å². The molecule has 0 aliphatic carbocycles. The van der Waals surface area contributed by atoms with E-state index < -0.39 is 0 Å². The molecule has 14 heavy (non-hydrogen) atoms. The number of unbranched alkanes of at least 4 members (excludes halogenated alkanes) is 1. The quantitative estimate of drug-likeness (QED) is 0.658. The maximum absolute atomic E-state index is 3.39. The van der Waals surface area contributed by atoms with Crippen LogP contribution in [0.5, 0.6) is 0 Å². The number of piperazine rings is 1. The summed E-state index contributed by atoms with van der Waals surface area (Å²) in [5, 5.41) is 3.39. The van der Waals surface area contributed by atoms with E-state index in [0.717, 1.165) is 5.92 Å². The first kappa shape index (κ1) is 12.0. The molecule has 1 unspecified atom stereocenters. The van der Waals surface area contributed by atoms with E-state index in [4.69, 9.17) is 0 Å². The number of rotatable bonds is 6. The summed E-state index contributed by atoms with van der Waals surface area (Å²) >= 11 is 0. The summed E-state index contributed by atoms with van der Waals surface area (Å²) in [5.74, 6) is 0.929. The SMILES string of the molecule is CCC(C)CCCCN1CCNCC1. The van der Waals surface area contributed by atoms with Gasteiger partial charge < -0.3 is 10.2 Å². The summed E-state index contributed by atoms with van der Waals surface area (Å²) in [5.41, 5.74) is 0. The number of nitrogens with one attached hydrogen (secondary N) is 1. The first-order valence-electron chi connectivity index (χ1n) is 6.26. The first-order valence-corrected chi connectivity index (χ1v) is 6.26. The largest absolute Gasteiger partial charge is 0.314 e. The van der Waals surface area contributed by atoms with E-state index in [2.05, 4.69) is 24.1 Å². The van der Waals surface area contributed by atoms with E-state index in [0.29, 0.717) is 0 Å². The van der Waals surface area contributed by atoms with Gasteiger partial charge in [0.25, 0.3) is 0 Å². The molecule has 1 fully saturated rings. The zero-order valence-electron chi connectivity index (χ0n) is 9.89. The lowest BCUT2D eigenvalue weighted by Crippen LogP contribution is -2.43. The van der Waals surface area contributed by atoms with Crippen molar-refractivity contribution in [2.24, 2.45) is 5.92 Å². The molecule has 2 nitrogen and oxygen atoms in total. The van der Waals surface area contributed by atoms with Gasteiger partial charge in [0.1, 0.15) is 0 Å². The Morgan fingerprint density at radius 1 is 1.21 bits per heavy atom. The van der Waals surface area contributed by atoms with Gasteiger partial charge in [-0.3, -0.25) is 0 Å². The van der Waals surface area contributed by atoms with Crippen LogP contribution in [0, 0.1) is 5.92 Å². The van der Waals surface area contributed by atoms with Gasteiger partial charge in [0, 0.05) is 26.2 Å². The molecule has 0 aromatic heterocycles. The molecular formula is C12H26N2. The monoisotopic (exact) mass is 198 g/mol. The minimum atomic E-state index is 0.929. The Kier molecular flexibility index (Phi) is 6.20. The van der Waals surface area contributed by atoms with Crippen molar-refractivity contribution >= 4 is 0 Å². The summed E-state index contributed by atoms with van der Waals surface area (Å²) in [6.45, 7) is 10.9. The van der Waals surface area contributed by atoms with Gasteiger partial charge in [-0.1, -0.05) is 33.1 Å².